The highest BCUT2D eigenvalue weighted by Crippen LogP contribution is 2.80. The van der Waals surface area contributed by atoms with Crippen LogP contribution in [0.5, 0.6) is 0 Å². The van der Waals surface area contributed by atoms with Crippen molar-refractivity contribution in [2.75, 3.05) is 13.2 Å². The first-order valence-electron chi connectivity index (χ1n) is 41.4. The number of rotatable bonds is 6. The van der Waals surface area contributed by atoms with E-state index in [9.17, 15) is 59.4 Å². The minimum atomic E-state index is -0.725. The molecule has 0 amide bonds. The van der Waals surface area contributed by atoms with Crippen LogP contribution in [0.4, 0.5) is 0 Å². The Morgan fingerprint density at radius 2 is 0.718 bits per heavy atom. The zero-order valence-corrected chi connectivity index (χ0v) is 66.8. The monoisotopic (exact) mass is 1430 g/mol. The topological polar surface area (TPSA) is 224 Å². The Balaban J connectivity index is 0.000000145. The van der Waals surface area contributed by atoms with Crippen molar-refractivity contribution in [3.05, 3.63) is 34.9 Å². The number of Topliss-reactive ketones (excluding diaryl/α,β-unsaturated/α-hetero) is 2. The molecule has 0 aliphatic heterocycles. The second-order valence-electron chi connectivity index (χ2n) is 44.3. The van der Waals surface area contributed by atoms with E-state index < -0.39 is 39.6 Å². The zero-order chi connectivity index (χ0) is 74.8. The number of hydrogen-bond acceptors (Lipinski definition) is 9. The summed E-state index contributed by atoms with van der Waals surface area (Å²) >= 11 is 0. The van der Waals surface area contributed by atoms with Crippen LogP contribution in [0.25, 0.3) is 0 Å². The summed E-state index contributed by atoms with van der Waals surface area (Å²) in [6.07, 6.45) is 34.1. The molecule has 0 spiro atoms. The zero-order valence-electron chi connectivity index (χ0n) is 66.8. The van der Waals surface area contributed by atoms with E-state index in [1.807, 2.05) is 0 Å². The fourth-order valence-corrected chi connectivity index (χ4v) is 31.7. The number of carboxylic acids is 3. The highest BCUT2D eigenvalue weighted by molar-refractivity contribution is 5.86. The highest BCUT2D eigenvalue weighted by Gasteiger charge is 2.75. The van der Waals surface area contributed by atoms with E-state index in [0.717, 1.165) is 153 Å². The number of aliphatic carboxylic acids is 3. The first-order chi connectivity index (χ1) is 47.1. The van der Waals surface area contributed by atoms with Crippen LogP contribution in [0.15, 0.2) is 34.9 Å². The van der Waals surface area contributed by atoms with Crippen molar-refractivity contribution >= 4 is 35.8 Å². The van der Waals surface area contributed by atoms with E-state index in [2.05, 4.69) is 143 Å². The van der Waals surface area contributed by atoms with Gasteiger partial charge in [-0.25, -0.2) is 0 Å². The molecular formula is C91H142O12. The Morgan fingerprint density at radius 1 is 0.398 bits per heavy atom. The lowest BCUT2D eigenvalue weighted by atomic mass is 9.33. The summed E-state index contributed by atoms with van der Waals surface area (Å²) in [5.74, 6) is 1.29. The maximum atomic E-state index is 13.3. The van der Waals surface area contributed by atoms with E-state index >= 15 is 0 Å². The molecule has 0 aromatic rings. The maximum absolute atomic E-state index is 13.3. The third-order valence-corrected chi connectivity index (χ3v) is 38.3. The van der Waals surface area contributed by atoms with Crippen LogP contribution in [0.1, 0.15) is 325 Å². The van der Waals surface area contributed by atoms with Gasteiger partial charge in [0, 0.05) is 34.5 Å². The lowest BCUT2D eigenvalue weighted by molar-refractivity contribution is -0.214. The van der Waals surface area contributed by atoms with Gasteiger partial charge in [0.15, 0.2) is 0 Å². The predicted octanol–water partition coefficient (Wildman–Crippen LogP) is 19.9. The first kappa shape index (κ1) is 79.1. The molecule has 12 saturated carbocycles. The number of aliphatic hydroxyl groups is 3. The largest absolute Gasteiger partial charge is 0.481 e. The quantitative estimate of drug-likeness (QED) is 0.108. The van der Waals surface area contributed by atoms with Crippen LogP contribution in [-0.2, 0) is 28.8 Å². The number of carbonyl (C=O) groups is 6. The summed E-state index contributed by atoms with van der Waals surface area (Å²) in [5.41, 5.74) is 0.0162. The van der Waals surface area contributed by atoms with Gasteiger partial charge in [-0.15, -0.1) is 0 Å². The molecule has 9 unspecified atom stereocenters. The van der Waals surface area contributed by atoms with Gasteiger partial charge >= 0.3 is 17.9 Å². The summed E-state index contributed by atoms with van der Waals surface area (Å²) in [6, 6.07) is 0. The SMILES string of the molecule is C.CC1(C)CC[C@]2(C(=O)O)CC[C@]3(C=O)C(=CCC4[C@@]5(C)CCC(=O)C(C)(C)C5CC[C@]43C)C2C1.CC1(C)CC[C@]2(C(=O)O)CC[C@]3(CO)C(=CCC4[C@@]5(C)CCC(=O)C(C)(C)C5CC[C@]43C)C2C1.CC1(C)CC[C@]2(C(=O)O)CC[C@]3(CO)C(=CCC4[C@@]5(C)CC[C@H](O)C(C)(C)C5CC[C@]43C)C2C1. The van der Waals surface area contributed by atoms with Crippen molar-refractivity contribution in [3.63, 3.8) is 0 Å². The number of allylic oxidation sites excluding steroid dienone is 4. The Labute approximate surface area is 621 Å². The Bertz CT molecular complexity index is 3540. The minimum absolute atomic E-state index is 0. The second kappa shape index (κ2) is 24.8. The molecule has 12 fully saturated rings. The van der Waals surface area contributed by atoms with Gasteiger partial charge in [-0.3, -0.25) is 24.0 Å². The smallest absolute Gasteiger partial charge is 0.310 e. The van der Waals surface area contributed by atoms with Crippen molar-refractivity contribution < 1.29 is 59.4 Å². The second-order valence-corrected chi connectivity index (χ2v) is 44.3. The average Bonchev–Trinajstić information content (AvgIpc) is 0.684. The van der Waals surface area contributed by atoms with Crippen LogP contribution in [0, 0.1) is 151 Å². The first-order valence-corrected chi connectivity index (χ1v) is 41.4. The molecule has 0 saturated heterocycles. The summed E-state index contributed by atoms with van der Waals surface area (Å²) in [6.45, 7) is 41.6. The fraction of sp³-hybridized carbons (Fsp3) is 0.868. The molecule has 0 heterocycles. The number of carboxylic acid groups (broad SMARTS) is 3. The van der Waals surface area contributed by atoms with Crippen molar-refractivity contribution in [1.82, 2.24) is 0 Å². The molecule has 22 atom stereocenters. The molecule has 0 aromatic carbocycles. The molecule has 15 aliphatic carbocycles. The van der Waals surface area contributed by atoms with Crippen molar-refractivity contribution in [2.24, 2.45) is 151 Å². The van der Waals surface area contributed by atoms with Crippen LogP contribution in [0.2, 0.25) is 0 Å². The molecule has 0 bridgehead atoms. The lowest BCUT2D eigenvalue weighted by Gasteiger charge is -2.71. The van der Waals surface area contributed by atoms with Crippen LogP contribution < -0.4 is 0 Å². The summed E-state index contributed by atoms with van der Waals surface area (Å²) in [7, 11) is 0. The molecule has 0 radical (unpaired) electrons. The normalized spacial score (nSPS) is 49.3. The predicted molar refractivity (Wildman–Crippen MR) is 406 cm³/mol. The molecular weight excluding hydrogens is 1280 g/mol. The van der Waals surface area contributed by atoms with Crippen molar-refractivity contribution in [3.8, 4) is 0 Å². The van der Waals surface area contributed by atoms with Gasteiger partial charge in [0.25, 0.3) is 0 Å². The standard InChI is InChI=1S/C30H48O4.C30H46O4.C30H44O4.CH4/c3*1-25(2)13-14-29(24(33)34)15-16-30(18-31)19(20(29)17-25)7-8-22-27(5)11-10-23(32)26(3,4)21(27)9-12-28(22,30)6;/h7,20-23,31-32H,8-18H2,1-6H3,(H,33,34);7,20-22,31H,8-18H2,1-6H3,(H,33,34);7,18,20-22H,8-17H2,1-6H3,(H,33,34);1H4/t20?,21?,22?,23-,27-,28+,29-,30-;2*20?,21?,22?,27-,28+,29-,30-;/m000./s1. The van der Waals surface area contributed by atoms with Gasteiger partial charge in [0.1, 0.15) is 17.9 Å². The van der Waals surface area contributed by atoms with Gasteiger partial charge in [0.2, 0.25) is 0 Å². The molecule has 15 rings (SSSR count). The van der Waals surface area contributed by atoms with E-state index in [1.54, 1.807) is 0 Å². The van der Waals surface area contributed by atoms with Gasteiger partial charge in [-0.1, -0.05) is 167 Å². The molecule has 0 aromatic heterocycles. The van der Waals surface area contributed by atoms with Crippen LogP contribution in [-0.4, -0.2) is 85.7 Å². The number of aliphatic hydroxyl groups excluding tert-OH is 3. The van der Waals surface area contributed by atoms with E-state index in [4.69, 9.17) is 0 Å². The fourth-order valence-electron chi connectivity index (χ4n) is 31.7. The average molecular weight is 1430 g/mol. The van der Waals surface area contributed by atoms with Crippen LogP contribution in [0.3, 0.4) is 0 Å². The van der Waals surface area contributed by atoms with Crippen molar-refractivity contribution in [1.29, 1.82) is 0 Å². The van der Waals surface area contributed by atoms with Crippen molar-refractivity contribution in [2.45, 2.75) is 331 Å². The number of aldehydes is 1. The molecule has 6 N–H and O–H groups in total. The molecule has 12 nitrogen and oxygen atoms in total. The van der Waals surface area contributed by atoms with Gasteiger partial charge < -0.3 is 35.4 Å². The maximum Gasteiger partial charge on any atom is 0.310 e. The summed E-state index contributed by atoms with van der Waals surface area (Å²) < 4.78 is 0. The number of ketones is 2. The Kier molecular flexibility index (Phi) is 19.0. The van der Waals surface area contributed by atoms with E-state index in [0.29, 0.717) is 92.0 Å². The third kappa shape index (κ3) is 10.4. The van der Waals surface area contributed by atoms with Crippen LogP contribution >= 0.6 is 0 Å². The van der Waals surface area contributed by atoms with Gasteiger partial charge in [0.05, 0.1) is 41.0 Å². The van der Waals surface area contributed by atoms with Gasteiger partial charge in [-0.2, -0.15) is 0 Å². The molecule has 15 aliphatic rings. The van der Waals surface area contributed by atoms with E-state index in [-0.39, 0.29) is 120 Å². The highest BCUT2D eigenvalue weighted by atomic mass is 16.4. The molecule has 103 heavy (non-hydrogen) atoms. The minimum Gasteiger partial charge on any atom is -0.481 e. The number of carbonyl (C=O) groups excluding carboxylic acids is 3. The van der Waals surface area contributed by atoms with Gasteiger partial charge in [-0.05, 0) is 287 Å². The number of fused-ring (bicyclic) bond motifs is 21. The van der Waals surface area contributed by atoms with E-state index in [1.165, 1.54) is 17.4 Å². The Hall–Kier alpha value is -3.48. The third-order valence-electron chi connectivity index (χ3n) is 38.3. The number of hydrogen-bond donors (Lipinski definition) is 6. The molecule has 578 valence electrons. The summed E-state index contributed by atoms with van der Waals surface area (Å²) in [4.78, 5) is 77.4. The molecule has 12 heteroatoms. The summed E-state index contributed by atoms with van der Waals surface area (Å²) in [5, 5.41) is 64.8. The Morgan fingerprint density at radius 3 is 1.09 bits per heavy atom. The lowest BCUT2D eigenvalue weighted by Crippen LogP contribution is -2.66.